The number of esters is 1. The molecule has 2 aromatic rings. The highest BCUT2D eigenvalue weighted by atomic mass is 32.1. The zero-order valence-electron chi connectivity index (χ0n) is 15.8. The number of aromatic nitrogens is 3. The molecule has 0 radical (unpaired) electrons. The van der Waals surface area contributed by atoms with E-state index in [-0.39, 0.29) is 30.1 Å². The van der Waals surface area contributed by atoms with Crippen LogP contribution in [0, 0.1) is 6.92 Å². The summed E-state index contributed by atoms with van der Waals surface area (Å²) in [5.74, 6) is 0.105. The molecule has 0 bridgehead atoms. The normalized spacial score (nSPS) is 11.3. The van der Waals surface area contributed by atoms with Crippen LogP contribution in [0.2, 0.25) is 0 Å². The molecule has 26 heavy (non-hydrogen) atoms. The maximum absolute atomic E-state index is 12.0. The van der Waals surface area contributed by atoms with Crippen molar-refractivity contribution in [2.75, 3.05) is 11.9 Å². The Morgan fingerprint density at radius 2 is 1.96 bits per heavy atom. The van der Waals surface area contributed by atoms with Crippen LogP contribution in [0.3, 0.4) is 0 Å². The van der Waals surface area contributed by atoms with E-state index >= 15 is 0 Å². The van der Waals surface area contributed by atoms with E-state index in [1.807, 2.05) is 13.0 Å². The molecule has 1 N–H and O–H groups in total. The summed E-state index contributed by atoms with van der Waals surface area (Å²) in [6, 6.07) is 1.84. The fraction of sp³-hybridized carbons (Fsp3) is 0.500. The van der Waals surface area contributed by atoms with Crippen molar-refractivity contribution in [3.63, 3.8) is 0 Å². The van der Waals surface area contributed by atoms with Crippen molar-refractivity contribution in [3.05, 3.63) is 23.8 Å². The van der Waals surface area contributed by atoms with Gasteiger partial charge in [0, 0.05) is 18.0 Å². The van der Waals surface area contributed by atoms with Gasteiger partial charge in [0.2, 0.25) is 5.91 Å². The molecule has 140 valence electrons. The van der Waals surface area contributed by atoms with Crippen molar-refractivity contribution >= 4 is 28.3 Å². The maximum Gasteiger partial charge on any atom is 0.306 e. The lowest BCUT2D eigenvalue weighted by molar-refractivity contribution is -0.144. The molecule has 1 amide bonds. The highest BCUT2D eigenvalue weighted by Crippen LogP contribution is 2.32. The molecule has 0 aliphatic carbocycles. The number of carbonyl (C=O) groups is 2. The molecule has 0 unspecified atom stereocenters. The number of amides is 1. The van der Waals surface area contributed by atoms with E-state index in [4.69, 9.17) is 4.74 Å². The third-order valence-electron chi connectivity index (χ3n) is 3.46. The predicted molar refractivity (Wildman–Crippen MR) is 101 cm³/mol. The molecule has 2 rings (SSSR count). The number of thiazole rings is 1. The van der Waals surface area contributed by atoms with E-state index in [1.165, 1.54) is 11.3 Å². The molecule has 0 aliphatic rings. The van der Waals surface area contributed by atoms with Gasteiger partial charge < -0.3 is 10.1 Å². The first-order valence-electron chi connectivity index (χ1n) is 8.47. The van der Waals surface area contributed by atoms with Crippen LogP contribution in [0.5, 0.6) is 0 Å². The first-order valence-corrected chi connectivity index (χ1v) is 9.29. The summed E-state index contributed by atoms with van der Waals surface area (Å²) >= 11 is 1.36. The van der Waals surface area contributed by atoms with Crippen molar-refractivity contribution in [2.45, 2.75) is 52.9 Å². The lowest BCUT2D eigenvalue weighted by Crippen LogP contribution is -2.15. The highest BCUT2D eigenvalue weighted by molar-refractivity contribution is 7.19. The van der Waals surface area contributed by atoms with E-state index in [9.17, 15) is 9.59 Å². The zero-order valence-corrected chi connectivity index (χ0v) is 16.6. The number of aryl methyl sites for hydroxylation is 1. The molecule has 0 aliphatic heterocycles. The van der Waals surface area contributed by atoms with Gasteiger partial charge in [-0.05, 0) is 19.9 Å². The van der Waals surface area contributed by atoms with Crippen LogP contribution in [0.4, 0.5) is 5.13 Å². The summed E-state index contributed by atoms with van der Waals surface area (Å²) < 4.78 is 4.82. The summed E-state index contributed by atoms with van der Waals surface area (Å²) in [6.07, 6.45) is 1.85. The van der Waals surface area contributed by atoms with E-state index < -0.39 is 0 Å². The molecule has 0 saturated heterocycles. The molecule has 7 nitrogen and oxygen atoms in total. The highest BCUT2D eigenvalue weighted by Gasteiger charge is 2.20. The standard InChI is InChI=1S/C18H24N4O3S/c1-6-25-14(24)8-7-13(23)22-17-20-11(2)15(26-17)12-9-10-19-16(21-12)18(3,4)5/h9-10H,6-8H2,1-5H3,(H,20,22,23). The van der Waals surface area contributed by atoms with Gasteiger partial charge >= 0.3 is 5.97 Å². The van der Waals surface area contributed by atoms with E-state index in [0.29, 0.717) is 11.7 Å². The third-order valence-corrected chi connectivity index (χ3v) is 4.56. The molecule has 0 aromatic carbocycles. The second-order valence-corrected chi connectivity index (χ2v) is 7.80. The monoisotopic (exact) mass is 376 g/mol. The molecule has 2 aromatic heterocycles. The number of hydrogen-bond acceptors (Lipinski definition) is 7. The lowest BCUT2D eigenvalue weighted by Gasteiger charge is -2.16. The molecular formula is C18H24N4O3S. The SMILES string of the molecule is CCOC(=O)CCC(=O)Nc1nc(C)c(-c2ccnc(C(C)(C)C)n2)s1. The first-order chi connectivity index (χ1) is 12.2. The van der Waals surface area contributed by atoms with Gasteiger partial charge in [0.25, 0.3) is 0 Å². The summed E-state index contributed by atoms with van der Waals surface area (Å²) in [7, 11) is 0. The Bertz CT molecular complexity index is 796. The van der Waals surface area contributed by atoms with Crippen LogP contribution in [0.1, 0.15) is 52.1 Å². The maximum atomic E-state index is 12.0. The van der Waals surface area contributed by atoms with Gasteiger partial charge in [-0.1, -0.05) is 32.1 Å². The fourth-order valence-corrected chi connectivity index (χ4v) is 3.12. The minimum absolute atomic E-state index is 0.0533. The van der Waals surface area contributed by atoms with Gasteiger partial charge in [0.15, 0.2) is 5.13 Å². The molecule has 0 saturated carbocycles. The van der Waals surface area contributed by atoms with Gasteiger partial charge in [-0.2, -0.15) is 0 Å². The number of anilines is 1. The van der Waals surface area contributed by atoms with Crippen molar-refractivity contribution in [1.82, 2.24) is 15.0 Å². The van der Waals surface area contributed by atoms with Crippen LogP contribution in [0.15, 0.2) is 12.3 Å². The average molecular weight is 376 g/mol. The quantitative estimate of drug-likeness (QED) is 0.776. The van der Waals surface area contributed by atoms with E-state index in [1.54, 1.807) is 13.1 Å². The van der Waals surface area contributed by atoms with Crippen molar-refractivity contribution in [2.24, 2.45) is 0 Å². The Kier molecular flexibility index (Phi) is 6.42. The minimum atomic E-state index is -0.380. The predicted octanol–water partition coefficient (Wildman–Crippen LogP) is 3.49. The van der Waals surface area contributed by atoms with E-state index in [0.717, 1.165) is 22.1 Å². The van der Waals surface area contributed by atoms with Crippen LogP contribution in [0.25, 0.3) is 10.6 Å². The molecular weight excluding hydrogens is 352 g/mol. The van der Waals surface area contributed by atoms with Gasteiger partial charge in [0.05, 0.1) is 29.3 Å². The minimum Gasteiger partial charge on any atom is -0.466 e. The Morgan fingerprint density at radius 1 is 1.23 bits per heavy atom. The Hall–Kier alpha value is -2.35. The van der Waals surface area contributed by atoms with Gasteiger partial charge in [0.1, 0.15) is 5.82 Å². The number of carbonyl (C=O) groups excluding carboxylic acids is 2. The van der Waals surface area contributed by atoms with Gasteiger partial charge in [-0.15, -0.1) is 0 Å². The summed E-state index contributed by atoms with van der Waals surface area (Å²) in [6.45, 7) is 10.1. The van der Waals surface area contributed by atoms with Gasteiger partial charge in [-0.3, -0.25) is 9.59 Å². The Balaban J connectivity index is 2.10. The fourth-order valence-electron chi connectivity index (χ4n) is 2.16. The lowest BCUT2D eigenvalue weighted by atomic mass is 9.95. The molecule has 8 heteroatoms. The second kappa shape index (κ2) is 8.35. The number of ether oxygens (including phenoxy) is 1. The van der Waals surface area contributed by atoms with Crippen molar-refractivity contribution in [1.29, 1.82) is 0 Å². The summed E-state index contributed by atoms with van der Waals surface area (Å²) in [4.78, 5) is 37.6. The smallest absolute Gasteiger partial charge is 0.306 e. The number of rotatable bonds is 6. The Labute approximate surface area is 157 Å². The molecule has 2 heterocycles. The topological polar surface area (TPSA) is 94.1 Å². The van der Waals surface area contributed by atoms with Crippen LogP contribution >= 0.6 is 11.3 Å². The van der Waals surface area contributed by atoms with Crippen molar-refractivity contribution in [3.8, 4) is 10.6 Å². The average Bonchev–Trinajstić information content (AvgIpc) is 2.93. The van der Waals surface area contributed by atoms with Gasteiger partial charge in [-0.25, -0.2) is 15.0 Å². The van der Waals surface area contributed by atoms with Crippen LogP contribution < -0.4 is 5.32 Å². The zero-order chi connectivity index (χ0) is 19.3. The summed E-state index contributed by atoms with van der Waals surface area (Å²) in [5, 5.41) is 3.22. The third kappa shape index (κ3) is 5.32. The number of nitrogens with one attached hydrogen (secondary N) is 1. The largest absolute Gasteiger partial charge is 0.466 e. The van der Waals surface area contributed by atoms with Crippen molar-refractivity contribution < 1.29 is 14.3 Å². The number of nitrogens with zero attached hydrogens (tertiary/aromatic N) is 3. The molecule has 0 atom stereocenters. The summed E-state index contributed by atoms with van der Waals surface area (Å²) in [5.41, 5.74) is 1.42. The van der Waals surface area contributed by atoms with E-state index in [2.05, 4.69) is 41.0 Å². The Morgan fingerprint density at radius 3 is 2.62 bits per heavy atom. The molecule has 0 spiro atoms. The van der Waals surface area contributed by atoms with Crippen LogP contribution in [-0.4, -0.2) is 33.4 Å². The second-order valence-electron chi connectivity index (χ2n) is 6.80. The molecule has 0 fully saturated rings. The van der Waals surface area contributed by atoms with Crippen LogP contribution in [-0.2, 0) is 19.7 Å². The number of hydrogen-bond donors (Lipinski definition) is 1. The first kappa shape index (κ1) is 20.0.